The van der Waals surface area contributed by atoms with Gasteiger partial charge in [0, 0.05) is 49.9 Å². The number of hydrogen-bond acceptors (Lipinski definition) is 6. The van der Waals surface area contributed by atoms with Crippen LogP contribution in [0.25, 0.3) is 0 Å². The molecule has 1 aliphatic carbocycles. The van der Waals surface area contributed by atoms with Crippen molar-refractivity contribution in [3.05, 3.63) is 29.8 Å². The first-order chi connectivity index (χ1) is 18.2. The molecule has 0 radical (unpaired) electrons. The van der Waals surface area contributed by atoms with E-state index in [9.17, 15) is 14.4 Å². The van der Waals surface area contributed by atoms with Crippen molar-refractivity contribution < 1.29 is 19.1 Å². The van der Waals surface area contributed by atoms with Crippen LogP contribution in [0.3, 0.4) is 0 Å². The molecular formula is C30H44N4O4. The number of benzene rings is 1. The smallest absolute Gasteiger partial charge is 0.251 e. The van der Waals surface area contributed by atoms with E-state index in [0.717, 1.165) is 51.3 Å². The zero-order chi connectivity index (χ0) is 27.0. The van der Waals surface area contributed by atoms with E-state index in [1.165, 1.54) is 6.42 Å². The second kappa shape index (κ2) is 11.0. The molecule has 1 N–H and O–H groups in total. The van der Waals surface area contributed by atoms with Gasteiger partial charge in [0.25, 0.3) is 5.91 Å². The van der Waals surface area contributed by atoms with Gasteiger partial charge in [0.2, 0.25) is 5.91 Å². The summed E-state index contributed by atoms with van der Waals surface area (Å²) in [6, 6.07) is 6.48. The average molecular weight is 525 g/mol. The monoisotopic (exact) mass is 524 g/mol. The molecule has 5 rings (SSSR count). The Kier molecular flexibility index (Phi) is 7.83. The zero-order valence-electron chi connectivity index (χ0n) is 23.4. The number of hydrogen-bond donors (Lipinski definition) is 1. The Bertz CT molecular complexity index is 1030. The summed E-state index contributed by atoms with van der Waals surface area (Å²) in [5, 5.41) is 3.07. The number of ether oxygens (including phenoxy) is 1. The Labute approximate surface area is 227 Å². The third kappa shape index (κ3) is 5.34. The number of carbonyl (C=O) groups is 3. The highest BCUT2D eigenvalue weighted by molar-refractivity contribution is 5.99. The van der Waals surface area contributed by atoms with E-state index in [1.54, 1.807) is 4.90 Å². The van der Waals surface area contributed by atoms with Crippen molar-refractivity contribution in [1.82, 2.24) is 15.1 Å². The molecule has 0 unspecified atom stereocenters. The molecule has 2 amide bonds. The number of anilines is 1. The van der Waals surface area contributed by atoms with Crippen LogP contribution >= 0.6 is 0 Å². The molecule has 0 spiro atoms. The number of nitrogens with zero attached hydrogens (tertiary/aromatic N) is 3. The highest BCUT2D eigenvalue weighted by atomic mass is 16.5. The maximum absolute atomic E-state index is 14.0. The minimum absolute atomic E-state index is 0.0167. The molecule has 208 valence electrons. The first-order valence-electron chi connectivity index (χ1n) is 14.6. The predicted octanol–water partition coefficient (Wildman–Crippen LogP) is 2.96. The SMILES string of the molecule is CCCN1CCN(c2ccc(C(=O)N[C@H](C(=O)N3C[C@@H](C4CC4)[C@H]4OCC(=O)[C@H]43)C(C)(C)CC)cc2)CC1. The summed E-state index contributed by atoms with van der Waals surface area (Å²) in [4.78, 5) is 46.8. The third-order valence-corrected chi connectivity index (χ3v) is 9.36. The molecule has 0 bridgehead atoms. The van der Waals surface area contributed by atoms with Crippen LogP contribution in [-0.2, 0) is 14.3 Å². The molecule has 3 saturated heterocycles. The molecule has 8 heteroatoms. The van der Waals surface area contributed by atoms with E-state index in [4.69, 9.17) is 4.74 Å². The summed E-state index contributed by atoms with van der Waals surface area (Å²) in [5.41, 5.74) is 1.19. The van der Waals surface area contributed by atoms with Crippen LogP contribution in [0.15, 0.2) is 24.3 Å². The van der Waals surface area contributed by atoms with Gasteiger partial charge in [0.05, 0.1) is 6.10 Å². The maximum atomic E-state index is 14.0. The fraction of sp³-hybridized carbons (Fsp3) is 0.700. The topological polar surface area (TPSA) is 82.2 Å². The van der Waals surface area contributed by atoms with Crippen LogP contribution in [0.5, 0.6) is 0 Å². The quantitative estimate of drug-likeness (QED) is 0.535. The molecule has 4 aliphatic rings. The number of likely N-dealkylation sites (tertiary alicyclic amines) is 1. The molecule has 0 aromatic heterocycles. The van der Waals surface area contributed by atoms with Crippen molar-refractivity contribution in [2.75, 3.05) is 50.8 Å². The molecule has 3 heterocycles. The highest BCUT2D eigenvalue weighted by Gasteiger charge is 2.57. The number of rotatable bonds is 9. The van der Waals surface area contributed by atoms with E-state index < -0.39 is 17.5 Å². The minimum atomic E-state index is -0.724. The number of carbonyl (C=O) groups excluding carboxylic acids is 3. The van der Waals surface area contributed by atoms with Crippen LogP contribution in [0.2, 0.25) is 0 Å². The van der Waals surface area contributed by atoms with Gasteiger partial charge in [-0.15, -0.1) is 0 Å². The van der Waals surface area contributed by atoms with Crippen molar-refractivity contribution in [2.24, 2.45) is 17.3 Å². The lowest BCUT2D eigenvalue weighted by Gasteiger charge is -2.37. The van der Waals surface area contributed by atoms with Gasteiger partial charge < -0.3 is 19.9 Å². The lowest BCUT2D eigenvalue weighted by Crippen LogP contribution is -2.57. The van der Waals surface area contributed by atoms with E-state index in [0.29, 0.717) is 24.4 Å². The minimum Gasteiger partial charge on any atom is -0.369 e. The summed E-state index contributed by atoms with van der Waals surface area (Å²) in [6.45, 7) is 14.1. The molecular weight excluding hydrogens is 480 g/mol. The Morgan fingerprint density at radius 2 is 1.76 bits per heavy atom. The van der Waals surface area contributed by atoms with Gasteiger partial charge in [-0.1, -0.05) is 27.7 Å². The summed E-state index contributed by atoms with van der Waals surface area (Å²) < 4.78 is 5.87. The number of Topliss-reactive ketones (excluding diaryl/α,β-unsaturated/α-hetero) is 1. The summed E-state index contributed by atoms with van der Waals surface area (Å²) >= 11 is 0. The van der Waals surface area contributed by atoms with E-state index in [1.807, 2.05) is 45.0 Å². The van der Waals surface area contributed by atoms with Crippen LogP contribution in [0.1, 0.15) is 63.7 Å². The van der Waals surface area contributed by atoms with Gasteiger partial charge in [-0.25, -0.2) is 0 Å². The van der Waals surface area contributed by atoms with Gasteiger partial charge >= 0.3 is 0 Å². The standard InChI is InChI=1S/C30H44N4O4/c1-5-13-32-14-16-33(17-15-32)22-11-9-21(10-12-22)28(36)31-27(30(3,4)6-2)29(37)34-18-23(20-7-8-20)26-25(34)24(35)19-38-26/h9-12,20,23,25-27H,5-8,13-19H2,1-4H3,(H,31,36)/t23-,25+,26+,27+/m0/s1. The van der Waals surface area contributed by atoms with Gasteiger partial charge in [-0.2, -0.15) is 0 Å². The third-order valence-electron chi connectivity index (χ3n) is 9.36. The molecule has 3 aliphatic heterocycles. The number of ketones is 1. The average Bonchev–Trinajstić information content (AvgIpc) is 3.59. The van der Waals surface area contributed by atoms with Gasteiger partial charge in [0.15, 0.2) is 5.78 Å². The number of amides is 2. The molecule has 4 fully saturated rings. The Balaban J connectivity index is 1.28. The largest absolute Gasteiger partial charge is 0.369 e. The predicted molar refractivity (Wildman–Crippen MR) is 147 cm³/mol. The summed E-state index contributed by atoms with van der Waals surface area (Å²) in [6.07, 6.45) is 3.96. The molecule has 4 atom stereocenters. The van der Waals surface area contributed by atoms with Crippen molar-refractivity contribution in [1.29, 1.82) is 0 Å². The number of piperazine rings is 1. The Morgan fingerprint density at radius 1 is 1.08 bits per heavy atom. The lowest BCUT2D eigenvalue weighted by atomic mass is 9.80. The fourth-order valence-corrected chi connectivity index (χ4v) is 6.41. The second-order valence-corrected chi connectivity index (χ2v) is 12.3. The van der Waals surface area contributed by atoms with Crippen molar-refractivity contribution in [2.45, 2.75) is 71.6 Å². The van der Waals surface area contributed by atoms with Crippen molar-refractivity contribution in [3.8, 4) is 0 Å². The fourth-order valence-electron chi connectivity index (χ4n) is 6.41. The van der Waals surface area contributed by atoms with Gasteiger partial charge in [-0.05, 0) is 67.8 Å². The van der Waals surface area contributed by atoms with Crippen LogP contribution in [0.4, 0.5) is 5.69 Å². The highest BCUT2D eigenvalue weighted by Crippen LogP contribution is 2.46. The van der Waals surface area contributed by atoms with Gasteiger partial charge in [-0.3, -0.25) is 19.3 Å². The molecule has 1 aromatic rings. The zero-order valence-corrected chi connectivity index (χ0v) is 23.4. The van der Waals surface area contributed by atoms with Crippen LogP contribution in [-0.4, -0.2) is 91.5 Å². The van der Waals surface area contributed by atoms with Gasteiger partial charge in [0.1, 0.15) is 18.7 Å². The molecule has 1 saturated carbocycles. The van der Waals surface area contributed by atoms with Crippen molar-refractivity contribution >= 4 is 23.3 Å². The van der Waals surface area contributed by atoms with E-state index in [2.05, 4.69) is 22.0 Å². The first kappa shape index (κ1) is 27.1. The van der Waals surface area contributed by atoms with Crippen LogP contribution < -0.4 is 10.2 Å². The normalized spacial score (nSPS) is 26.9. The van der Waals surface area contributed by atoms with E-state index in [-0.39, 0.29) is 36.2 Å². The molecule has 8 nitrogen and oxygen atoms in total. The van der Waals surface area contributed by atoms with E-state index >= 15 is 0 Å². The molecule has 1 aromatic carbocycles. The summed E-state index contributed by atoms with van der Waals surface area (Å²) in [5.74, 6) is 0.313. The van der Waals surface area contributed by atoms with Crippen LogP contribution in [0, 0.1) is 17.3 Å². The second-order valence-electron chi connectivity index (χ2n) is 12.3. The lowest BCUT2D eigenvalue weighted by molar-refractivity contribution is -0.140. The Morgan fingerprint density at radius 3 is 2.37 bits per heavy atom. The van der Waals surface area contributed by atoms with Crippen molar-refractivity contribution in [3.63, 3.8) is 0 Å². The molecule has 38 heavy (non-hydrogen) atoms. The first-order valence-corrected chi connectivity index (χ1v) is 14.6. The summed E-state index contributed by atoms with van der Waals surface area (Å²) in [7, 11) is 0. The maximum Gasteiger partial charge on any atom is 0.251 e. The number of nitrogens with one attached hydrogen (secondary N) is 1. The number of fused-ring (bicyclic) bond motifs is 1. The Hall–Kier alpha value is -2.45.